The van der Waals surface area contributed by atoms with Crippen LogP contribution in [0.2, 0.25) is 0 Å². The molecule has 0 aliphatic heterocycles. The summed E-state index contributed by atoms with van der Waals surface area (Å²) in [7, 11) is 0. The summed E-state index contributed by atoms with van der Waals surface area (Å²) in [5.74, 6) is 0. The molecule has 0 bridgehead atoms. The summed E-state index contributed by atoms with van der Waals surface area (Å²) in [4.78, 5) is 19.1. The Kier molecular flexibility index (Phi) is 3.54. The lowest BCUT2D eigenvalue weighted by Gasteiger charge is -2.17. The van der Waals surface area contributed by atoms with Crippen molar-refractivity contribution in [3.05, 3.63) is 50.6 Å². The Morgan fingerprint density at radius 1 is 1.18 bits per heavy atom. The maximum Gasteiger partial charge on any atom is 0.517 e. The van der Waals surface area contributed by atoms with Crippen LogP contribution in [0, 0.1) is 20.2 Å². The third kappa shape index (κ3) is 2.03. The average Bonchev–Trinajstić information content (AvgIpc) is 2.28. The minimum atomic E-state index is -4.31. The zero-order valence-electron chi connectivity index (χ0n) is 8.65. The van der Waals surface area contributed by atoms with Crippen LogP contribution in [0.1, 0.15) is 6.92 Å². The number of hydrogen-bond acceptors (Lipinski definition) is 5. The Bertz CT molecular complexity index is 492. The summed E-state index contributed by atoms with van der Waals surface area (Å²) in [6, 6.07) is 7.00. The van der Waals surface area contributed by atoms with Crippen LogP contribution in [0.5, 0.6) is 0 Å². The first-order valence-electron chi connectivity index (χ1n) is 4.39. The van der Waals surface area contributed by atoms with Gasteiger partial charge in [-0.15, -0.1) is 0 Å². The Morgan fingerprint density at radius 2 is 1.59 bits per heavy atom. The van der Waals surface area contributed by atoms with E-state index in [2.05, 4.69) is 0 Å². The fourth-order valence-corrected chi connectivity index (χ4v) is 3.31. The Morgan fingerprint density at radius 3 is 1.94 bits per heavy atom. The molecule has 9 heteroatoms. The molecule has 0 aliphatic rings. The molecule has 1 aromatic carbocycles. The first-order valence-corrected chi connectivity index (χ1v) is 7.00. The lowest BCUT2D eigenvalue weighted by atomic mass is 10.4. The van der Waals surface area contributed by atoms with E-state index in [9.17, 15) is 24.8 Å². The van der Waals surface area contributed by atoms with E-state index >= 15 is 0 Å². The molecule has 0 aromatic heterocycles. The van der Waals surface area contributed by atoms with Crippen LogP contribution in [-0.4, -0.2) is 15.3 Å². The van der Waals surface area contributed by atoms with Crippen LogP contribution in [-0.2, 0) is 4.57 Å². The van der Waals surface area contributed by atoms with E-state index in [1.54, 1.807) is 6.07 Å². The lowest BCUT2D eigenvalue weighted by Crippen LogP contribution is -2.43. The molecule has 92 valence electrons. The van der Waals surface area contributed by atoms with Gasteiger partial charge in [0.1, 0.15) is 9.85 Å². The van der Waals surface area contributed by atoms with Crippen molar-refractivity contribution in [2.24, 2.45) is 0 Å². The van der Waals surface area contributed by atoms with Crippen molar-refractivity contribution < 1.29 is 14.4 Å². The molecule has 1 rings (SSSR count). The molecule has 0 fully saturated rings. The van der Waals surface area contributed by atoms with Crippen molar-refractivity contribution in [3.63, 3.8) is 0 Å². The summed E-state index contributed by atoms with van der Waals surface area (Å²) < 4.78 is 12.2. The van der Waals surface area contributed by atoms with Gasteiger partial charge in [-0.2, -0.15) is 0 Å². The van der Waals surface area contributed by atoms with E-state index in [-0.39, 0.29) is 5.30 Å². The van der Waals surface area contributed by atoms with Crippen LogP contribution in [0.25, 0.3) is 0 Å². The van der Waals surface area contributed by atoms with Crippen molar-refractivity contribution >= 4 is 23.0 Å². The molecule has 0 saturated heterocycles. The number of benzene rings is 1. The first kappa shape index (κ1) is 13.6. The molecule has 1 atom stereocenters. The first-order chi connectivity index (χ1) is 7.74. The highest BCUT2D eigenvalue weighted by Crippen LogP contribution is 2.61. The second-order valence-electron chi connectivity index (χ2n) is 3.35. The molecule has 0 radical (unpaired) electrons. The molecule has 1 unspecified atom stereocenters. The molecule has 1 aromatic rings. The fraction of sp³-hybridized carbons (Fsp3) is 0.250. The molecule has 0 saturated carbocycles. The van der Waals surface area contributed by atoms with Gasteiger partial charge in [0.2, 0.25) is 0 Å². The van der Waals surface area contributed by atoms with Gasteiger partial charge in [-0.3, -0.25) is 24.8 Å². The normalized spacial score (nSPS) is 14.9. The van der Waals surface area contributed by atoms with Gasteiger partial charge in [0.25, 0.3) is 0 Å². The molecule has 17 heavy (non-hydrogen) atoms. The van der Waals surface area contributed by atoms with Gasteiger partial charge in [-0.05, 0) is 23.4 Å². The zero-order chi connectivity index (χ0) is 13.3. The predicted molar refractivity (Wildman–Crippen MR) is 61.9 cm³/mol. The van der Waals surface area contributed by atoms with Crippen LogP contribution in [0.3, 0.4) is 0 Å². The second-order valence-corrected chi connectivity index (χ2v) is 7.21. The Labute approximate surface area is 101 Å². The maximum absolute atomic E-state index is 12.2. The van der Waals surface area contributed by atoms with Gasteiger partial charge in [-0.1, -0.05) is 18.2 Å². The molecule has 0 amide bonds. The van der Waals surface area contributed by atoms with Gasteiger partial charge in [0, 0.05) is 5.30 Å². The van der Waals surface area contributed by atoms with E-state index in [1.165, 1.54) is 24.3 Å². The van der Waals surface area contributed by atoms with Gasteiger partial charge in [-0.25, -0.2) is 0 Å². The maximum atomic E-state index is 12.2. The standard InChI is InChI=1S/C8H8ClN2O5P/c1-8(10(12)13,11(14)15)17(9,16)7-5-3-2-4-6-7/h2-6H,1H3. The lowest BCUT2D eigenvalue weighted by molar-refractivity contribution is -0.760. The predicted octanol–water partition coefficient (Wildman–Crippen LogP) is 2.06. The van der Waals surface area contributed by atoms with E-state index in [0.717, 1.165) is 0 Å². The number of hydrogen-bond donors (Lipinski definition) is 0. The van der Waals surface area contributed by atoms with Gasteiger partial charge in [0.15, 0.2) is 0 Å². The molecule has 0 heterocycles. The minimum Gasteiger partial charge on any atom is -0.285 e. The van der Waals surface area contributed by atoms with Gasteiger partial charge >= 0.3 is 11.9 Å². The largest absolute Gasteiger partial charge is 0.517 e. The summed E-state index contributed by atoms with van der Waals surface area (Å²) in [5.41, 5.74) is 0. The second kappa shape index (κ2) is 4.43. The molecular formula is C8H8ClN2O5P. The van der Waals surface area contributed by atoms with Crippen molar-refractivity contribution in [2.45, 2.75) is 12.3 Å². The zero-order valence-corrected chi connectivity index (χ0v) is 10.3. The van der Waals surface area contributed by atoms with Crippen molar-refractivity contribution in [2.75, 3.05) is 0 Å². The third-order valence-corrected chi connectivity index (χ3v) is 6.25. The molecule has 7 nitrogen and oxygen atoms in total. The van der Waals surface area contributed by atoms with Crippen LogP contribution in [0.15, 0.2) is 30.3 Å². The Hall–Kier alpha value is -1.46. The Balaban J connectivity index is 3.44. The summed E-state index contributed by atoms with van der Waals surface area (Å²) in [6.07, 6.45) is 0. The van der Waals surface area contributed by atoms with Gasteiger partial charge in [0.05, 0.1) is 6.92 Å². The van der Waals surface area contributed by atoms with Crippen LogP contribution in [0.4, 0.5) is 0 Å². The highest BCUT2D eigenvalue weighted by molar-refractivity contribution is 7.95. The van der Waals surface area contributed by atoms with Crippen LogP contribution < -0.4 is 5.30 Å². The summed E-state index contributed by atoms with van der Waals surface area (Å²) >= 11 is 5.63. The number of rotatable bonds is 4. The molecule has 0 aliphatic carbocycles. The summed E-state index contributed by atoms with van der Waals surface area (Å²) in [6.45, 7) is -3.66. The molecule has 0 spiro atoms. The highest BCUT2D eigenvalue weighted by atomic mass is 35.7. The summed E-state index contributed by atoms with van der Waals surface area (Å²) in [5, 5.41) is 18.5. The van der Waals surface area contributed by atoms with Crippen molar-refractivity contribution in [1.29, 1.82) is 0 Å². The third-order valence-electron chi connectivity index (χ3n) is 2.32. The fourth-order valence-electron chi connectivity index (χ4n) is 1.14. The highest BCUT2D eigenvalue weighted by Gasteiger charge is 2.67. The molecular weight excluding hydrogens is 271 g/mol. The van der Waals surface area contributed by atoms with Crippen molar-refractivity contribution in [3.8, 4) is 0 Å². The van der Waals surface area contributed by atoms with Gasteiger partial charge < -0.3 is 0 Å². The van der Waals surface area contributed by atoms with Crippen LogP contribution >= 0.6 is 17.7 Å². The van der Waals surface area contributed by atoms with Crippen molar-refractivity contribution in [1.82, 2.24) is 0 Å². The SMILES string of the molecule is CC([N+](=O)[O-])([N+](=O)[O-])P(=O)(Cl)c1ccccc1. The number of halogens is 1. The quantitative estimate of drug-likeness (QED) is 0.363. The topological polar surface area (TPSA) is 103 Å². The average molecular weight is 279 g/mol. The van der Waals surface area contributed by atoms with E-state index < -0.39 is 21.7 Å². The smallest absolute Gasteiger partial charge is 0.285 e. The van der Waals surface area contributed by atoms with E-state index in [4.69, 9.17) is 11.2 Å². The number of nitrogens with zero attached hydrogens (tertiary/aromatic N) is 2. The minimum absolute atomic E-state index is 0.113. The van der Waals surface area contributed by atoms with E-state index in [0.29, 0.717) is 6.92 Å². The van der Waals surface area contributed by atoms with E-state index in [1.807, 2.05) is 0 Å². The molecule has 0 N–H and O–H groups in total. The monoisotopic (exact) mass is 278 g/mol. The number of nitro groups is 2.